The van der Waals surface area contributed by atoms with E-state index < -0.39 is 0 Å². The quantitative estimate of drug-likeness (QED) is 0.634. The van der Waals surface area contributed by atoms with E-state index in [1.807, 2.05) is 48.5 Å². The highest BCUT2D eigenvalue weighted by Crippen LogP contribution is 2.21. The highest BCUT2D eigenvalue weighted by atomic mass is 79.9. The summed E-state index contributed by atoms with van der Waals surface area (Å²) < 4.78 is 2.07. The van der Waals surface area contributed by atoms with Crippen molar-refractivity contribution in [1.82, 2.24) is 0 Å². The van der Waals surface area contributed by atoms with Gasteiger partial charge in [-0.15, -0.1) is 0 Å². The lowest BCUT2D eigenvalue weighted by molar-refractivity contribution is 1.23. The monoisotopic (exact) mass is 338 g/mol. The summed E-state index contributed by atoms with van der Waals surface area (Å²) in [7, 11) is 0. The summed E-state index contributed by atoms with van der Waals surface area (Å²) in [6, 6.07) is 15.4. The third kappa shape index (κ3) is 3.25. The summed E-state index contributed by atoms with van der Waals surface area (Å²) in [5.41, 5.74) is 1.68. The largest absolute Gasteiger partial charge is 0.151 e. The predicted molar refractivity (Wildman–Crippen MR) is 72.5 cm³/mol. The minimum absolute atomic E-state index is 0.839. The topological polar surface area (TPSA) is 24.7 Å². The molecule has 0 heterocycles. The van der Waals surface area contributed by atoms with Gasteiger partial charge in [0.2, 0.25) is 0 Å². The van der Waals surface area contributed by atoms with Gasteiger partial charge in [-0.1, -0.05) is 31.9 Å². The molecule has 4 heteroatoms. The third-order valence-corrected chi connectivity index (χ3v) is 2.99. The maximum Gasteiger partial charge on any atom is 0.0857 e. The molecular formula is C12H8Br2N2. The molecule has 0 radical (unpaired) electrons. The average Bonchev–Trinajstić information content (AvgIpc) is 2.30. The summed E-state index contributed by atoms with van der Waals surface area (Å²) in [5.74, 6) is 0. The van der Waals surface area contributed by atoms with E-state index in [1.54, 1.807) is 0 Å². The first-order valence-corrected chi connectivity index (χ1v) is 6.25. The molecule has 0 aliphatic heterocycles. The molecule has 0 fully saturated rings. The van der Waals surface area contributed by atoms with E-state index in [0.717, 1.165) is 20.3 Å². The van der Waals surface area contributed by atoms with Crippen molar-refractivity contribution >= 4 is 43.2 Å². The molecule has 0 atom stereocenters. The van der Waals surface area contributed by atoms with Crippen LogP contribution in [-0.2, 0) is 0 Å². The summed E-state index contributed by atoms with van der Waals surface area (Å²) in [6.07, 6.45) is 0. The van der Waals surface area contributed by atoms with E-state index in [1.165, 1.54) is 0 Å². The number of hydrogen-bond acceptors (Lipinski definition) is 2. The zero-order valence-electron chi connectivity index (χ0n) is 8.27. The van der Waals surface area contributed by atoms with Crippen molar-refractivity contribution in [2.75, 3.05) is 0 Å². The molecule has 0 spiro atoms. The van der Waals surface area contributed by atoms with Gasteiger partial charge in [0.25, 0.3) is 0 Å². The molecule has 0 aliphatic carbocycles. The van der Waals surface area contributed by atoms with Gasteiger partial charge in [0.15, 0.2) is 0 Å². The Morgan fingerprint density at radius 1 is 0.562 bits per heavy atom. The second-order valence-corrected chi connectivity index (χ2v) is 4.98. The van der Waals surface area contributed by atoms with Crippen molar-refractivity contribution < 1.29 is 0 Å². The molecule has 2 nitrogen and oxygen atoms in total. The van der Waals surface area contributed by atoms with Crippen LogP contribution >= 0.6 is 31.9 Å². The smallest absolute Gasteiger partial charge is 0.0857 e. The van der Waals surface area contributed by atoms with Crippen LogP contribution in [0.4, 0.5) is 11.4 Å². The van der Waals surface area contributed by atoms with E-state index in [0.29, 0.717) is 0 Å². The average molecular weight is 340 g/mol. The first-order valence-electron chi connectivity index (χ1n) is 4.67. The fourth-order valence-electron chi connectivity index (χ4n) is 1.13. The summed E-state index contributed by atoms with van der Waals surface area (Å²) in [4.78, 5) is 0. The predicted octanol–water partition coefficient (Wildman–Crippen LogP) is 5.63. The molecule has 0 saturated heterocycles. The zero-order valence-corrected chi connectivity index (χ0v) is 11.4. The van der Waals surface area contributed by atoms with Gasteiger partial charge in [0, 0.05) is 8.95 Å². The Morgan fingerprint density at radius 3 is 1.19 bits per heavy atom. The van der Waals surface area contributed by atoms with Crippen LogP contribution in [0.15, 0.2) is 67.7 Å². The number of hydrogen-bond donors (Lipinski definition) is 0. The van der Waals surface area contributed by atoms with Crippen molar-refractivity contribution in [1.29, 1.82) is 0 Å². The molecule has 0 saturated carbocycles. The van der Waals surface area contributed by atoms with Gasteiger partial charge < -0.3 is 0 Å². The minimum atomic E-state index is 0.839. The molecule has 0 N–H and O–H groups in total. The standard InChI is InChI=1S/C12H8Br2N2/c13-9-1-5-11(6-2-9)15-16-12-7-3-10(14)4-8-12/h1-8H/b16-15+. The molecule has 2 aromatic carbocycles. The van der Waals surface area contributed by atoms with Gasteiger partial charge in [-0.3, -0.25) is 0 Å². The van der Waals surface area contributed by atoms with E-state index in [-0.39, 0.29) is 0 Å². The van der Waals surface area contributed by atoms with Crippen LogP contribution in [0.5, 0.6) is 0 Å². The highest BCUT2D eigenvalue weighted by Gasteiger charge is 1.91. The maximum absolute atomic E-state index is 4.14. The Hall–Kier alpha value is -1.00. The van der Waals surface area contributed by atoms with E-state index in [4.69, 9.17) is 0 Å². The van der Waals surface area contributed by atoms with Crippen molar-refractivity contribution in [3.63, 3.8) is 0 Å². The summed E-state index contributed by atoms with van der Waals surface area (Å²) >= 11 is 6.74. The van der Waals surface area contributed by atoms with Crippen molar-refractivity contribution in [2.24, 2.45) is 10.2 Å². The first kappa shape index (κ1) is 11.5. The lowest BCUT2D eigenvalue weighted by atomic mass is 10.3. The number of rotatable bonds is 2. The van der Waals surface area contributed by atoms with Crippen molar-refractivity contribution in [3.05, 3.63) is 57.5 Å². The fourth-order valence-corrected chi connectivity index (χ4v) is 1.66. The van der Waals surface area contributed by atoms with Crippen molar-refractivity contribution in [3.8, 4) is 0 Å². The highest BCUT2D eigenvalue weighted by molar-refractivity contribution is 9.10. The van der Waals surface area contributed by atoms with Crippen LogP contribution in [0.25, 0.3) is 0 Å². The van der Waals surface area contributed by atoms with Crippen LogP contribution in [0.2, 0.25) is 0 Å². The Kier molecular flexibility index (Phi) is 3.85. The molecule has 16 heavy (non-hydrogen) atoms. The SMILES string of the molecule is Brc1ccc(/N=N/c2ccc(Br)cc2)cc1. The van der Waals surface area contributed by atoms with E-state index in [2.05, 4.69) is 42.1 Å². The number of benzene rings is 2. The number of halogens is 2. The first-order chi connectivity index (χ1) is 7.74. The molecule has 0 aromatic heterocycles. The molecule has 0 aliphatic rings. The van der Waals surface area contributed by atoms with E-state index >= 15 is 0 Å². The minimum Gasteiger partial charge on any atom is -0.151 e. The molecule has 0 amide bonds. The second-order valence-electron chi connectivity index (χ2n) is 3.15. The molecule has 0 unspecified atom stereocenters. The molecule has 2 aromatic rings. The zero-order chi connectivity index (χ0) is 11.4. The van der Waals surface area contributed by atoms with Crippen molar-refractivity contribution in [2.45, 2.75) is 0 Å². The van der Waals surface area contributed by atoms with Gasteiger partial charge in [-0.05, 0) is 48.5 Å². The number of nitrogens with zero attached hydrogens (tertiary/aromatic N) is 2. The fraction of sp³-hybridized carbons (Fsp3) is 0. The lowest BCUT2D eigenvalue weighted by Crippen LogP contribution is -1.66. The summed E-state index contributed by atoms with van der Waals surface area (Å²) in [6.45, 7) is 0. The van der Waals surface area contributed by atoms with Crippen LogP contribution in [0.3, 0.4) is 0 Å². The lowest BCUT2D eigenvalue weighted by Gasteiger charge is -1.94. The second kappa shape index (κ2) is 5.37. The van der Waals surface area contributed by atoms with Gasteiger partial charge in [-0.2, -0.15) is 10.2 Å². The van der Waals surface area contributed by atoms with Gasteiger partial charge in [-0.25, -0.2) is 0 Å². The molecular weight excluding hydrogens is 332 g/mol. The Labute approximate surface area is 111 Å². The van der Waals surface area contributed by atoms with Crippen LogP contribution in [0, 0.1) is 0 Å². The van der Waals surface area contributed by atoms with Crippen LogP contribution in [-0.4, -0.2) is 0 Å². The number of azo groups is 1. The van der Waals surface area contributed by atoms with Crippen LogP contribution < -0.4 is 0 Å². The molecule has 80 valence electrons. The van der Waals surface area contributed by atoms with Gasteiger partial charge in [0.1, 0.15) is 0 Å². The molecule has 2 rings (SSSR count). The third-order valence-electron chi connectivity index (χ3n) is 1.93. The Morgan fingerprint density at radius 2 is 0.875 bits per heavy atom. The van der Waals surface area contributed by atoms with Gasteiger partial charge >= 0.3 is 0 Å². The Balaban J connectivity index is 2.15. The van der Waals surface area contributed by atoms with E-state index in [9.17, 15) is 0 Å². The Bertz CT molecular complexity index is 442. The maximum atomic E-state index is 4.14. The normalized spacial score (nSPS) is 10.9. The van der Waals surface area contributed by atoms with Gasteiger partial charge in [0.05, 0.1) is 11.4 Å². The molecule has 0 bridgehead atoms. The van der Waals surface area contributed by atoms with Crippen LogP contribution in [0.1, 0.15) is 0 Å². The summed E-state index contributed by atoms with van der Waals surface area (Å²) in [5, 5.41) is 8.27.